The summed E-state index contributed by atoms with van der Waals surface area (Å²) in [6.45, 7) is 3.63. The average Bonchev–Trinajstić information content (AvgIpc) is 2.53. The van der Waals surface area contributed by atoms with Crippen LogP contribution in [0.1, 0.15) is 35.3 Å². The van der Waals surface area contributed by atoms with Crippen molar-refractivity contribution >= 4 is 17.9 Å². The molecule has 0 radical (unpaired) electrons. The number of fused-ring (bicyclic) bond motifs is 1. The van der Waals surface area contributed by atoms with Gasteiger partial charge in [0.2, 0.25) is 0 Å². The molecule has 0 saturated heterocycles. The van der Waals surface area contributed by atoms with Crippen molar-refractivity contribution in [3.05, 3.63) is 59.2 Å². The first-order valence-electron chi connectivity index (χ1n) is 7.75. The normalized spacial score (nSPS) is 15.0. The number of phenolic OH excluding ortho intramolecular Hbond substituents is 3. The predicted molar refractivity (Wildman–Crippen MR) is 95.0 cm³/mol. The van der Waals surface area contributed by atoms with E-state index in [4.69, 9.17) is 4.74 Å². The highest BCUT2D eigenvalue weighted by atomic mass is 16.5. The molecular weight excluding hydrogens is 320 g/mol. The lowest BCUT2D eigenvalue weighted by Crippen LogP contribution is -2.28. The minimum absolute atomic E-state index is 0.000235. The predicted octanol–water partition coefficient (Wildman–Crippen LogP) is 3.88. The Kier molecular flexibility index (Phi) is 4.00. The number of carbonyl (C=O) groups is 1. The third-order valence-electron chi connectivity index (χ3n) is 3.86. The van der Waals surface area contributed by atoms with Crippen molar-refractivity contribution < 1.29 is 24.9 Å². The van der Waals surface area contributed by atoms with Crippen LogP contribution in [-0.2, 0) is 0 Å². The van der Waals surface area contributed by atoms with Crippen molar-refractivity contribution in [2.75, 3.05) is 0 Å². The molecule has 0 unspecified atom stereocenters. The van der Waals surface area contributed by atoms with Crippen LogP contribution < -0.4 is 4.74 Å². The molecule has 0 bridgehead atoms. The van der Waals surface area contributed by atoms with Crippen molar-refractivity contribution in [2.45, 2.75) is 19.4 Å². The van der Waals surface area contributed by atoms with Gasteiger partial charge >= 0.3 is 0 Å². The number of carbonyl (C=O) groups excluding carboxylic acids is 1. The quantitative estimate of drug-likeness (QED) is 0.584. The van der Waals surface area contributed by atoms with Crippen molar-refractivity contribution in [3.63, 3.8) is 0 Å². The summed E-state index contributed by atoms with van der Waals surface area (Å²) in [4.78, 5) is 12.6. The lowest BCUT2D eigenvalue weighted by atomic mass is 9.96. The van der Waals surface area contributed by atoms with E-state index in [9.17, 15) is 20.1 Å². The number of ketones is 1. The van der Waals surface area contributed by atoms with E-state index in [1.807, 2.05) is 13.8 Å². The minimum atomic E-state index is -0.664. The average molecular weight is 338 g/mol. The number of benzene rings is 2. The molecule has 5 nitrogen and oxygen atoms in total. The Bertz CT molecular complexity index is 889. The SMILES string of the molecule is CC1(C)C=Cc2c(O)cc(O)c(C(=O)/C=C/c3ccc(O)cc3)c2O1. The van der Waals surface area contributed by atoms with Gasteiger partial charge in [-0.25, -0.2) is 0 Å². The zero-order valence-electron chi connectivity index (χ0n) is 13.9. The van der Waals surface area contributed by atoms with E-state index in [0.717, 1.165) is 11.6 Å². The van der Waals surface area contributed by atoms with Crippen LogP contribution in [0.15, 0.2) is 42.5 Å². The van der Waals surface area contributed by atoms with Gasteiger partial charge in [-0.1, -0.05) is 18.2 Å². The van der Waals surface area contributed by atoms with Crippen LogP contribution in [0.3, 0.4) is 0 Å². The molecule has 3 N–H and O–H groups in total. The molecule has 0 spiro atoms. The molecule has 1 heterocycles. The van der Waals surface area contributed by atoms with Crippen LogP contribution in [-0.4, -0.2) is 26.7 Å². The number of allylic oxidation sites excluding steroid dienone is 1. The Morgan fingerprint density at radius 3 is 2.44 bits per heavy atom. The highest BCUT2D eigenvalue weighted by Crippen LogP contribution is 2.43. The molecule has 0 aliphatic carbocycles. The second-order valence-corrected chi connectivity index (χ2v) is 6.36. The van der Waals surface area contributed by atoms with Gasteiger partial charge in [-0.3, -0.25) is 4.79 Å². The van der Waals surface area contributed by atoms with Gasteiger partial charge in [0.15, 0.2) is 5.78 Å². The van der Waals surface area contributed by atoms with Crippen molar-refractivity contribution in [3.8, 4) is 23.0 Å². The topological polar surface area (TPSA) is 87.0 Å². The van der Waals surface area contributed by atoms with Gasteiger partial charge in [0.05, 0.1) is 5.56 Å². The zero-order chi connectivity index (χ0) is 18.2. The van der Waals surface area contributed by atoms with E-state index in [1.165, 1.54) is 18.2 Å². The Labute approximate surface area is 145 Å². The van der Waals surface area contributed by atoms with Crippen molar-refractivity contribution in [1.29, 1.82) is 0 Å². The van der Waals surface area contributed by atoms with E-state index < -0.39 is 11.4 Å². The van der Waals surface area contributed by atoms with Crippen molar-refractivity contribution in [1.82, 2.24) is 0 Å². The summed E-state index contributed by atoms with van der Waals surface area (Å²) in [7, 11) is 0. The summed E-state index contributed by atoms with van der Waals surface area (Å²) in [5.74, 6) is -0.657. The Morgan fingerprint density at radius 2 is 1.76 bits per heavy atom. The Balaban J connectivity index is 2.01. The first kappa shape index (κ1) is 16.6. The molecule has 0 saturated carbocycles. The number of phenols is 3. The summed E-state index contributed by atoms with van der Waals surface area (Å²) in [6.07, 6.45) is 6.33. The maximum absolute atomic E-state index is 12.6. The lowest BCUT2D eigenvalue weighted by molar-refractivity contribution is 0.103. The molecule has 0 aromatic heterocycles. The fraction of sp³-hybridized carbons (Fsp3) is 0.150. The zero-order valence-corrected chi connectivity index (χ0v) is 13.9. The van der Waals surface area contributed by atoms with Crippen molar-refractivity contribution in [2.24, 2.45) is 0 Å². The van der Waals surface area contributed by atoms with Gasteiger partial charge in [0.1, 0.15) is 34.2 Å². The number of aromatic hydroxyl groups is 3. The Morgan fingerprint density at radius 1 is 1.08 bits per heavy atom. The van der Waals surface area contributed by atoms with Gasteiger partial charge in [0.25, 0.3) is 0 Å². The summed E-state index contributed by atoms with van der Waals surface area (Å²) in [5, 5.41) is 29.5. The fourth-order valence-electron chi connectivity index (χ4n) is 2.57. The molecule has 25 heavy (non-hydrogen) atoms. The monoisotopic (exact) mass is 338 g/mol. The fourth-order valence-corrected chi connectivity index (χ4v) is 2.57. The van der Waals surface area contributed by atoms with Gasteiger partial charge in [-0.05, 0) is 49.8 Å². The maximum atomic E-state index is 12.6. The standard InChI is InChI=1S/C20H18O5/c1-20(2)10-9-14-16(23)11-17(24)18(19(14)25-20)15(22)8-5-12-3-6-13(21)7-4-12/h3-11,21,23-24H,1-2H3/b8-5+. The molecule has 1 aliphatic rings. The molecule has 1 aliphatic heterocycles. The highest BCUT2D eigenvalue weighted by molar-refractivity contribution is 6.11. The summed E-state index contributed by atoms with van der Waals surface area (Å²) in [6, 6.07) is 7.48. The van der Waals surface area contributed by atoms with Crippen LogP contribution in [0.5, 0.6) is 23.0 Å². The molecule has 3 rings (SSSR count). The second kappa shape index (κ2) is 6.02. The molecule has 0 atom stereocenters. The first-order chi connectivity index (χ1) is 11.8. The van der Waals surface area contributed by atoms with Gasteiger partial charge in [0, 0.05) is 6.07 Å². The maximum Gasteiger partial charge on any atom is 0.193 e. The van der Waals surface area contributed by atoms with E-state index in [-0.39, 0.29) is 28.6 Å². The number of ether oxygens (including phenoxy) is 1. The van der Waals surface area contributed by atoms with Crippen LogP contribution in [0.2, 0.25) is 0 Å². The van der Waals surface area contributed by atoms with E-state index in [1.54, 1.807) is 30.4 Å². The smallest absolute Gasteiger partial charge is 0.193 e. The third kappa shape index (κ3) is 3.35. The third-order valence-corrected chi connectivity index (χ3v) is 3.86. The van der Waals surface area contributed by atoms with Crippen LogP contribution in [0.25, 0.3) is 12.2 Å². The summed E-state index contributed by atoms with van der Waals surface area (Å²) >= 11 is 0. The number of hydrogen-bond acceptors (Lipinski definition) is 5. The van der Waals surface area contributed by atoms with E-state index in [0.29, 0.717) is 5.56 Å². The second-order valence-electron chi connectivity index (χ2n) is 6.36. The van der Waals surface area contributed by atoms with Crippen LogP contribution in [0, 0.1) is 0 Å². The molecule has 2 aromatic carbocycles. The first-order valence-corrected chi connectivity index (χ1v) is 7.75. The van der Waals surface area contributed by atoms with E-state index in [2.05, 4.69) is 0 Å². The van der Waals surface area contributed by atoms with Crippen LogP contribution >= 0.6 is 0 Å². The molecule has 2 aromatic rings. The van der Waals surface area contributed by atoms with Gasteiger partial charge in [-0.15, -0.1) is 0 Å². The molecule has 5 heteroatoms. The van der Waals surface area contributed by atoms with Crippen LogP contribution in [0.4, 0.5) is 0 Å². The summed E-state index contributed by atoms with van der Waals surface area (Å²) in [5.41, 5.74) is 0.418. The van der Waals surface area contributed by atoms with E-state index >= 15 is 0 Å². The summed E-state index contributed by atoms with van der Waals surface area (Å²) < 4.78 is 5.81. The molecule has 0 amide bonds. The van der Waals surface area contributed by atoms with Gasteiger partial charge < -0.3 is 20.1 Å². The number of hydrogen-bond donors (Lipinski definition) is 3. The largest absolute Gasteiger partial charge is 0.508 e. The molecular formula is C20H18O5. The molecule has 0 fully saturated rings. The van der Waals surface area contributed by atoms with Gasteiger partial charge in [-0.2, -0.15) is 0 Å². The lowest BCUT2D eigenvalue weighted by Gasteiger charge is -2.29. The highest BCUT2D eigenvalue weighted by Gasteiger charge is 2.29. The minimum Gasteiger partial charge on any atom is -0.508 e. The molecule has 128 valence electrons. The Hall–Kier alpha value is -3.21. The number of rotatable bonds is 3.